The van der Waals surface area contributed by atoms with Crippen LogP contribution in [-0.2, 0) is 9.53 Å². The van der Waals surface area contributed by atoms with Gasteiger partial charge in [0.25, 0.3) is 5.91 Å². The molecule has 2 saturated carbocycles. The minimum atomic E-state index is -0.342. The second-order valence-corrected chi connectivity index (χ2v) is 9.29. The van der Waals surface area contributed by atoms with Crippen molar-refractivity contribution in [2.24, 2.45) is 0 Å². The fourth-order valence-corrected chi connectivity index (χ4v) is 5.26. The molecule has 1 aromatic heterocycles. The maximum absolute atomic E-state index is 13.2. The van der Waals surface area contributed by atoms with Crippen molar-refractivity contribution < 1.29 is 19.1 Å². The summed E-state index contributed by atoms with van der Waals surface area (Å²) in [5.74, 6) is -0.649. The van der Waals surface area contributed by atoms with Crippen molar-refractivity contribution in [3.8, 4) is 0 Å². The van der Waals surface area contributed by atoms with Crippen molar-refractivity contribution in [1.29, 1.82) is 0 Å². The average molecular weight is 451 g/mol. The Morgan fingerprint density at radius 2 is 1.68 bits per heavy atom. The van der Waals surface area contributed by atoms with Crippen molar-refractivity contribution in [2.75, 3.05) is 18.5 Å². The molecule has 0 aliphatic heterocycles. The van der Waals surface area contributed by atoms with E-state index in [2.05, 4.69) is 20.5 Å². The number of carbonyl (C=O) groups is 3. The molecule has 2 fully saturated rings. The molecule has 172 valence electrons. The Morgan fingerprint density at radius 1 is 1.06 bits per heavy atom. The Kier molecular flexibility index (Phi) is 9.12. The molecule has 0 aromatic carbocycles. The zero-order chi connectivity index (χ0) is 22.1. The lowest BCUT2D eigenvalue weighted by atomic mass is 9.89. The van der Waals surface area contributed by atoms with Gasteiger partial charge in [0, 0.05) is 18.6 Å². The van der Waals surface area contributed by atoms with E-state index < -0.39 is 0 Å². The van der Waals surface area contributed by atoms with E-state index in [1.54, 1.807) is 6.92 Å². The normalized spacial score (nSPS) is 17.7. The highest BCUT2D eigenvalue weighted by Gasteiger charge is 2.33. The summed E-state index contributed by atoms with van der Waals surface area (Å²) >= 11 is 1.15. The molecule has 2 aliphatic rings. The highest BCUT2D eigenvalue weighted by Crippen LogP contribution is 2.31. The number of hydrogen-bond donors (Lipinski definition) is 2. The molecule has 0 atom stereocenters. The Bertz CT molecular complexity index is 724. The molecule has 0 saturated heterocycles. The van der Waals surface area contributed by atoms with Gasteiger partial charge in [-0.05, 0) is 32.6 Å². The summed E-state index contributed by atoms with van der Waals surface area (Å²) in [5.41, 5.74) is 0. The van der Waals surface area contributed by atoms with Crippen molar-refractivity contribution in [3.63, 3.8) is 0 Å². The largest absolute Gasteiger partial charge is 0.466 e. The monoisotopic (exact) mass is 450 g/mol. The van der Waals surface area contributed by atoms with Crippen LogP contribution in [0.5, 0.6) is 0 Å². The Labute approximate surface area is 188 Å². The first-order chi connectivity index (χ1) is 15.1. The third-order valence-electron chi connectivity index (χ3n) is 6.03. The number of nitrogens with zero attached hydrogens (tertiary/aromatic N) is 2. The average Bonchev–Trinajstić information content (AvgIpc) is 3.24. The lowest BCUT2D eigenvalue weighted by molar-refractivity contribution is -0.142. The van der Waals surface area contributed by atoms with E-state index in [9.17, 15) is 14.4 Å². The summed E-state index contributed by atoms with van der Waals surface area (Å²) in [6, 6.07) is 0.493. The van der Waals surface area contributed by atoms with Crippen molar-refractivity contribution in [1.82, 2.24) is 15.2 Å². The molecular formula is C22H34N4O4S. The fraction of sp³-hybridized carbons (Fsp3) is 0.727. The van der Waals surface area contributed by atoms with Gasteiger partial charge in [-0.1, -0.05) is 49.9 Å². The number of hydrogen-bond acceptors (Lipinski definition) is 6. The predicted octanol–water partition coefficient (Wildman–Crippen LogP) is 4.33. The summed E-state index contributed by atoms with van der Waals surface area (Å²) < 4.78 is 4.85. The molecule has 3 rings (SSSR count). The quantitative estimate of drug-likeness (QED) is 0.574. The molecule has 0 spiro atoms. The SMILES string of the molecule is CCOC(=O)CCNC(=O)c1cnc(NC(=O)N(C2CCCCC2)C2CCCCC2)s1. The number of amides is 3. The molecule has 2 N–H and O–H groups in total. The second kappa shape index (κ2) is 12.0. The third kappa shape index (κ3) is 6.92. The Balaban J connectivity index is 1.57. The molecular weight excluding hydrogens is 416 g/mol. The highest BCUT2D eigenvalue weighted by atomic mass is 32.1. The second-order valence-electron chi connectivity index (χ2n) is 8.26. The van der Waals surface area contributed by atoms with E-state index in [1.165, 1.54) is 44.7 Å². The number of esters is 1. The fourth-order valence-electron chi connectivity index (χ4n) is 4.54. The number of carbonyl (C=O) groups excluding carboxylic acids is 3. The molecule has 9 heteroatoms. The number of nitrogens with one attached hydrogen (secondary N) is 2. The summed E-state index contributed by atoms with van der Waals surface area (Å²) in [7, 11) is 0. The standard InChI is InChI=1S/C22H34N4O4S/c1-2-30-19(27)13-14-23-20(28)18-15-24-21(31-18)25-22(29)26(16-9-5-3-6-10-16)17-11-7-4-8-12-17/h15-17H,2-14H2,1H3,(H,23,28)(H,24,25,29). The van der Waals surface area contributed by atoms with Gasteiger partial charge in [-0.2, -0.15) is 0 Å². The lowest BCUT2D eigenvalue weighted by Crippen LogP contribution is -2.50. The van der Waals surface area contributed by atoms with Crippen molar-refractivity contribution in [3.05, 3.63) is 11.1 Å². The van der Waals surface area contributed by atoms with Gasteiger partial charge >= 0.3 is 12.0 Å². The summed E-state index contributed by atoms with van der Waals surface area (Å²) in [5, 5.41) is 6.06. The summed E-state index contributed by atoms with van der Waals surface area (Å²) in [6.45, 7) is 2.27. The minimum absolute atomic E-state index is 0.0950. The summed E-state index contributed by atoms with van der Waals surface area (Å²) in [6.07, 6.45) is 13.0. The van der Waals surface area contributed by atoms with Gasteiger partial charge in [0.1, 0.15) is 4.88 Å². The van der Waals surface area contributed by atoms with Crippen LogP contribution in [-0.4, -0.2) is 53.0 Å². The van der Waals surface area contributed by atoms with Crippen LogP contribution >= 0.6 is 11.3 Å². The van der Waals surface area contributed by atoms with Gasteiger partial charge in [0.15, 0.2) is 5.13 Å². The lowest BCUT2D eigenvalue weighted by Gasteiger charge is -2.41. The zero-order valence-corrected chi connectivity index (χ0v) is 19.2. The number of aromatic nitrogens is 1. The van der Waals surface area contributed by atoms with E-state index in [4.69, 9.17) is 4.74 Å². The van der Waals surface area contributed by atoms with E-state index in [0.717, 1.165) is 37.0 Å². The van der Waals surface area contributed by atoms with Gasteiger partial charge in [-0.3, -0.25) is 14.9 Å². The van der Waals surface area contributed by atoms with E-state index >= 15 is 0 Å². The maximum atomic E-state index is 13.2. The molecule has 31 heavy (non-hydrogen) atoms. The van der Waals surface area contributed by atoms with Crippen LogP contribution in [0.1, 0.15) is 87.2 Å². The van der Waals surface area contributed by atoms with Gasteiger partial charge in [0.05, 0.1) is 19.2 Å². The molecule has 1 aromatic rings. The maximum Gasteiger partial charge on any atom is 0.324 e. The molecule has 8 nitrogen and oxygen atoms in total. The Morgan fingerprint density at radius 3 is 2.26 bits per heavy atom. The molecule has 1 heterocycles. The number of ether oxygens (including phenoxy) is 1. The van der Waals surface area contributed by atoms with Crippen molar-refractivity contribution >= 4 is 34.4 Å². The van der Waals surface area contributed by atoms with Gasteiger partial charge < -0.3 is 15.0 Å². The Hall–Kier alpha value is -2.16. The first-order valence-corrected chi connectivity index (χ1v) is 12.4. The number of thiazole rings is 1. The van der Waals surface area contributed by atoms with Crippen LogP contribution in [0.3, 0.4) is 0 Å². The van der Waals surface area contributed by atoms with Gasteiger partial charge in [-0.25, -0.2) is 9.78 Å². The van der Waals surface area contributed by atoms with Crippen LogP contribution in [0.25, 0.3) is 0 Å². The first kappa shape index (κ1) is 23.5. The van der Waals surface area contributed by atoms with Crippen LogP contribution in [0, 0.1) is 0 Å². The van der Waals surface area contributed by atoms with E-state index in [1.807, 2.05) is 0 Å². The first-order valence-electron chi connectivity index (χ1n) is 11.6. The van der Waals surface area contributed by atoms with Crippen molar-refractivity contribution in [2.45, 2.75) is 89.6 Å². The minimum Gasteiger partial charge on any atom is -0.466 e. The van der Waals surface area contributed by atoms with Crippen LogP contribution in [0.15, 0.2) is 6.20 Å². The molecule has 0 unspecified atom stereocenters. The molecule has 3 amide bonds. The third-order valence-corrected chi connectivity index (χ3v) is 6.95. The van der Waals surface area contributed by atoms with Gasteiger partial charge in [-0.15, -0.1) is 0 Å². The number of anilines is 1. The molecule has 0 radical (unpaired) electrons. The molecule has 2 aliphatic carbocycles. The van der Waals surface area contributed by atoms with Crippen LogP contribution in [0.2, 0.25) is 0 Å². The van der Waals surface area contributed by atoms with Crippen LogP contribution < -0.4 is 10.6 Å². The number of rotatable bonds is 8. The summed E-state index contributed by atoms with van der Waals surface area (Å²) in [4.78, 5) is 43.6. The predicted molar refractivity (Wildman–Crippen MR) is 120 cm³/mol. The van der Waals surface area contributed by atoms with E-state index in [-0.39, 0.29) is 30.9 Å². The zero-order valence-electron chi connectivity index (χ0n) is 18.4. The van der Waals surface area contributed by atoms with E-state index in [0.29, 0.717) is 28.7 Å². The topological polar surface area (TPSA) is 101 Å². The van der Waals surface area contributed by atoms with Crippen LogP contribution in [0.4, 0.5) is 9.93 Å². The molecule has 0 bridgehead atoms. The number of urea groups is 1. The van der Waals surface area contributed by atoms with Gasteiger partial charge in [0.2, 0.25) is 0 Å². The smallest absolute Gasteiger partial charge is 0.324 e. The highest BCUT2D eigenvalue weighted by molar-refractivity contribution is 7.17.